The van der Waals surface area contributed by atoms with Gasteiger partial charge in [-0.2, -0.15) is 0 Å². The lowest BCUT2D eigenvalue weighted by atomic mass is 10.2. The molecule has 0 aromatic heterocycles. The van der Waals surface area contributed by atoms with E-state index in [9.17, 15) is 4.79 Å². The van der Waals surface area contributed by atoms with Gasteiger partial charge in [-0.05, 0) is 13.2 Å². The zero-order chi connectivity index (χ0) is 6.62. The molecule has 0 saturated carbocycles. The number of aldehydes is 1. The van der Waals surface area contributed by atoms with Gasteiger partial charge in [0, 0.05) is 5.88 Å². The Morgan fingerprint density at radius 2 is 2.38 bits per heavy atom. The molecular weight excluding hydrogens is 144 g/mol. The molecule has 0 rings (SSSR count). The molecule has 0 N–H and O–H groups in total. The lowest BCUT2D eigenvalue weighted by molar-refractivity contribution is -0.109. The molecule has 0 heterocycles. The first-order valence-electron chi connectivity index (χ1n) is 2.26. The molecule has 0 fully saturated rings. The van der Waals surface area contributed by atoms with Gasteiger partial charge in [-0.3, -0.25) is 0 Å². The summed E-state index contributed by atoms with van der Waals surface area (Å²) in [7, 11) is 0. The molecule has 1 atom stereocenters. The zero-order valence-electron chi connectivity index (χ0n) is 4.98. The van der Waals surface area contributed by atoms with Crippen LogP contribution in [0.1, 0.15) is 6.92 Å². The smallest absolute Gasteiger partial charge is 0.136 e. The predicted molar refractivity (Wildman–Crippen MR) is 38.7 cm³/mol. The number of thioether (sulfide) groups is 1. The van der Waals surface area contributed by atoms with Crippen LogP contribution in [0.3, 0.4) is 0 Å². The van der Waals surface area contributed by atoms with Crippen molar-refractivity contribution in [2.24, 2.45) is 0 Å². The summed E-state index contributed by atoms with van der Waals surface area (Å²) in [6.45, 7) is 1.82. The molecule has 1 nitrogen and oxygen atoms in total. The Morgan fingerprint density at radius 3 is 2.38 bits per heavy atom. The average molecular weight is 153 g/mol. The normalized spacial score (nSPS) is 17.4. The summed E-state index contributed by atoms with van der Waals surface area (Å²) < 4.78 is -0.373. The average Bonchev–Trinajstić information content (AvgIpc) is 1.87. The van der Waals surface area contributed by atoms with Gasteiger partial charge in [0.05, 0.1) is 4.75 Å². The van der Waals surface area contributed by atoms with E-state index in [1.165, 1.54) is 11.8 Å². The number of alkyl halides is 1. The van der Waals surface area contributed by atoms with Crippen molar-refractivity contribution in [2.45, 2.75) is 11.7 Å². The Morgan fingerprint density at radius 1 is 1.88 bits per heavy atom. The Balaban J connectivity index is 3.76. The molecule has 0 aliphatic rings. The van der Waals surface area contributed by atoms with Gasteiger partial charge in [0.25, 0.3) is 0 Å². The van der Waals surface area contributed by atoms with Crippen molar-refractivity contribution < 1.29 is 4.79 Å². The van der Waals surface area contributed by atoms with Crippen LogP contribution in [0, 0.1) is 0 Å². The summed E-state index contributed by atoms with van der Waals surface area (Å²) in [6, 6.07) is 0. The largest absolute Gasteiger partial charge is 0.302 e. The summed E-state index contributed by atoms with van der Waals surface area (Å²) in [5, 5.41) is 0. The molecule has 1 unspecified atom stereocenters. The third-order valence-corrected chi connectivity index (χ3v) is 2.87. The number of carbonyl (C=O) groups is 1. The van der Waals surface area contributed by atoms with E-state index in [1.54, 1.807) is 0 Å². The quantitative estimate of drug-likeness (QED) is 0.451. The van der Waals surface area contributed by atoms with Gasteiger partial charge in [-0.15, -0.1) is 23.4 Å². The van der Waals surface area contributed by atoms with Crippen LogP contribution in [0.4, 0.5) is 0 Å². The summed E-state index contributed by atoms with van der Waals surface area (Å²) in [6.07, 6.45) is 2.75. The fraction of sp³-hybridized carbons (Fsp3) is 0.800. The number of halogens is 1. The van der Waals surface area contributed by atoms with Gasteiger partial charge in [-0.25, -0.2) is 0 Å². The van der Waals surface area contributed by atoms with Crippen molar-refractivity contribution in [1.82, 2.24) is 0 Å². The summed E-state index contributed by atoms with van der Waals surface area (Å²) in [5.74, 6) is 0.387. The number of carbonyl (C=O) groups excluding carboxylic acids is 1. The van der Waals surface area contributed by atoms with Crippen LogP contribution in [0.5, 0.6) is 0 Å². The highest BCUT2D eigenvalue weighted by atomic mass is 35.5. The summed E-state index contributed by atoms with van der Waals surface area (Å²) in [4.78, 5) is 10.2. The van der Waals surface area contributed by atoms with Crippen LogP contribution >= 0.6 is 23.4 Å². The second kappa shape index (κ2) is 3.36. The highest BCUT2D eigenvalue weighted by Crippen LogP contribution is 2.20. The standard InChI is InChI=1S/C5H9ClOS/c1-5(3-6,4-7)8-2/h4H,3H2,1-2H3. The third-order valence-electron chi connectivity index (χ3n) is 0.981. The fourth-order valence-electron chi connectivity index (χ4n) is 0.134. The van der Waals surface area contributed by atoms with E-state index >= 15 is 0 Å². The maximum absolute atomic E-state index is 10.2. The minimum Gasteiger partial charge on any atom is -0.302 e. The fourth-order valence-corrected chi connectivity index (χ4v) is 0.730. The Bertz CT molecular complexity index is 80.5. The zero-order valence-corrected chi connectivity index (χ0v) is 6.55. The van der Waals surface area contributed by atoms with Gasteiger partial charge in [-0.1, -0.05) is 0 Å². The lowest BCUT2D eigenvalue weighted by Gasteiger charge is -2.14. The van der Waals surface area contributed by atoms with Gasteiger partial charge in [0.15, 0.2) is 0 Å². The van der Waals surface area contributed by atoms with Gasteiger partial charge in [0.1, 0.15) is 6.29 Å². The van der Waals surface area contributed by atoms with Gasteiger partial charge in [0.2, 0.25) is 0 Å². The monoisotopic (exact) mass is 152 g/mol. The molecule has 8 heavy (non-hydrogen) atoms. The van der Waals surface area contributed by atoms with Crippen LogP contribution in [-0.4, -0.2) is 23.2 Å². The Hall–Kier alpha value is 0.310. The summed E-state index contributed by atoms with van der Waals surface area (Å²) >= 11 is 6.93. The molecule has 3 heteroatoms. The van der Waals surface area contributed by atoms with E-state index in [2.05, 4.69) is 0 Å². The van der Waals surface area contributed by atoms with Crippen molar-refractivity contribution in [1.29, 1.82) is 0 Å². The summed E-state index contributed by atoms with van der Waals surface area (Å²) in [5.41, 5.74) is 0. The maximum atomic E-state index is 10.2. The van der Waals surface area contributed by atoms with Crippen molar-refractivity contribution >= 4 is 29.6 Å². The minimum atomic E-state index is -0.373. The van der Waals surface area contributed by atoms with Crippen LogP contribution in [0.2, 0.25) is 0 Å². The number of hydrogen-bond acceptors (Lipinski definition) is 2. The third kappa shape index (κ3) is 2.05. The number of rotatable bonds is 3. The van der Waals surface area contributed by atoms with E-state index in [0.29, 0.717) is 5.88 Å². The van der Waals surface area contributed by atoms with Crippen LogP contribution in [-0.2, 0) is 4.79 Å². The molecular formula is C5H9ClOS. The van der Waals surface area contributed by atoms with Crippen molar-refractivity contribution in [3.05, 3.63) is 0 Å². The molecule has 0 aromatic carbocycles. The molecule has 0 aliphatic heterocycles. The maximum Gasteiger partial charge on any atom is 0.136 e. The topological polar surface area (TPSA) is 17.1 Å². The van der Waals surface area contributed by atoms with Crippen molar-refractivity contribution in [3.63, 3.8) is 0 Å². The van der Waals surface area contributed by atoms with E-state index in [4.69, 9.17) is 11.6 Å². The van der Waals surface area contributed by atoms with Crippen LogP contribution in [0.15, 0.2) is 0 Å². The highest BCUT2D eigenvalue weighted by molar-refractivity contribution is 8.00. The van der Waals surface area contributed by atoms with E-state index in [1.807, 2.05) is 13.2 Å². The highest BCUT2D eigenvalue weighted by Gasteiger charge is 2.19. The Kier molecular flexibility index (Phi) is 3.49. The Labute approximate surface area is 58.8 Å². The molecule has 0 saturated heterocycles. The van der Waals surface area contributed by atoms with E-state index < -0.39 is 0 Å². The van der Waals surface area contributed by atoms with Crippen molar-refractivity contribution in [2.75, 3.05) is 12.1 Å². The molecule has 0 amide bonds. The van der Waals surface area contributed by atoms with Crippen molar-refractivity contribution in [3.8, 4) is 0 Å². The molecule has 0 radical (unpaired) electrons. The number of hydrogen-bond donors (Lipinski definition) is 0. The minimum absolute atomic E-state index is 0.373. The molecule has 48 valence electrons. The van der Waals surface area contributed by atoms with E-state index in [0.717, 1.165) is 6.29 Å². The molecule has 0 bridgehead atoms. The first kappa shape index (κ1) is 8.31. The first-order valence-corrected chi connectivity index (χ1v) is 4.02. The van der Waals surface area contributed by atoms with Crippen LogP contribution in [0.25, 0.3) is 0 Å². The van der Waals surface area contributed by atoms with Gasteiger partial charge < -0.3 is 4.79 Å². The lowest BCUT2D eigenvalue weighted by Crippen LogP contribution is -2.23. The second-order valence-corrected chi connectivity index (χ2v) is 3.38. The van der Waals surface area contributed by atoms with E-state index in [-0.39, 0.29) is 4.75 Å². The SMILES string of the molecule is CSC(C)(C=O)CCl. The van der Waals surface area contributed by atoms with Gasteiger partial charge >= 0.3 is 0 Å². The predicted octanol–water partition coefficient (Wildman–Crippen LogP) is 1.55. The molecule has 0 spiro atoms. The first-order chi connectivity index (χ1) is 3.68. The molecule has 0 aromatic rings. The van der Waals surface area contributed by atoms with Crippen LogP contribution < -0.4 is 0 Å². The second-order valence-electron chi connectivity index (χ2n) is 1.77. The molecule has 0 aliphatic carbocycles.